The molecule has 1 amide bonds. The molecular formula is C20H23NO5S. The first-order valence-corrected chi connectivity index (χ1v) is 9.61. The summed E-state index contributed by atoms with van der Waals surface area (Å²) in [5.41, 5.74) is 0. The van der Waals surface area contributed by atoms with Crippen LogP contribution in [0.2, 0.25) is 0 Å². The highest BCUT2D eigenvalue weighted by Crippen LogP contribution is 2.17. The van der Waals surface area contributed by atoms with Gasteiger partial charge in [0.2, 0.25) is 0 Å². The Bertz CT molecular complexity index is 706. The third-order valence-electron chi connectivity index (χ3n) is 3.29. The van der Waals surface area contributed by atoms with Crippen LogP contribution in [0.4, 0.5) is 0 Å². The van der Waals surface area contributed by atoms with Crippen LogP contribution in [0.3, 0.4) is 0 Å². The van der Waals surface area contributed by atoms with Gasteiger partial charge in [-0.2, -0.15) is 0 Å². The van der Waals surface area contributed by atoms with Crippen molar-refractivity contribution >= 4 is 23.6 Å². The van der Waals surface area contributed by atoms with Crippen molar-refractivity contribution in [1.29, 1.82) is 0 Å². The lowest BCUT2D eigenvalue weighted by Gasteiger charge is -2.08. The van der Waals surface area contributed by atoms with Crippen LogP contribution in [-0.2, 0) is 14.3 Å². The molecule has 0 saturated heterocycles. The lowest BCUT2D eigenvalue weighted by atomic mass is 10.3. The molecule has 0 heterocycles. The standard InChI is InChI=1S/C20H23NO5S/c1-2-24-16-8-10-17(11-9-16)25-15-20(23)26-14-19(22)21-12-13-27-18-6-4-3-5-7-18/h3-11H,2,12-15H2,1H3,(H,21,22). The molecule has 2 aromatic carbocycles. The van der Waals surface area contributed by atoms with Gasteiger partial charge in [0.1, 0.15) is 11.5 Å². The van der Waals surface area contributed by atoms with Crippen molar-refractivity contribution in [3.05, 3.63) is 54.6 Å². The molecule has 0 aliphatic rings. The maximum absolute atomic E-state index is 11.7. The highest BCUT2D eigenvalue weighted by molar-refractivity contribution is 7.99. The molecule has 0 aromatic heterocycles. The predicted octanol–water partition coefficient (Wildman–Crippen LogP) is 2.92. The minimum atomic E-state index is -0.599. The SMILES string of the molecule is CCOc1ccc(OCC(=O)OCC(=O)NCCSc2ccccc2)cc1. The number of carbonyl (C=O) groups excluding carboxylic acids is 2. The molecule has 0 spiro atoms. The lowest BCUT2D eigenvalue weighted by Crippen LogP contribution is -2.31. The zero-order valence-electron chi connectivity index (χ0n) is 15.2. The fraction of sp³-hybridized carbons (Fsp3) is 0.300. The fourth-order valence-electron chi connectivity index (χ4n) is 2.06. The van der Waals surface area contributed by atoms with Crippen LogP contribution in [0.25, 0.3) is 0 Å². The molecule has 27 heavy (non-hydrogen) atoms. The molecule has 0 aliphatic carbocycles. The summed E-state index contributed by atoms with van der Waals surface area (Å²) in [5.74, 6) is 1.06. The molecule has 0 atom stereocenters. The number of ether oxygens (including phenoxy) is 3. The van der Waals surface area contributed by atoms with Gasteiger partial charge in [-0.1, -0.05) is 18.2 Å². The first-order valence-electron chi connectivity index (χ1n) is 8.63. The van der Waals surface area contributed by atoms with Crippen LogP contribution in [0.15, 0.2) is 59.5 Å². The van der Waals surface area contributed by atoms with Crippen molar-refractivity contribution in [1.82, 2.24) is 5.32 Å². The van der Waals surface area contributed by atoms with Crippen molar-refractivity contribution in [2.45, 2.75) is 11.8 Å². The molecule has 6 nitrogen and oxygen atoms in total. The van der Waals surface area contributed by atoms with Crippen LogP contribution in [-0.4, -0.2) is 44.0 Å². The van der Waals surface area contributed by atoms with Crippen molar-refractivity contribution in [2.24, 2.45) is 0 Å². The van der Waals surface area contributed by atoms with Gasteiger partial charge >= 0.3 is 5.97 Å². The molecule has 1 N–H and O–H groups in total. The Morgan fingerprint density at radius 2 is 1.59 bits per heavy atom. The third-order valence-corrected chi connectivity index (χ3v) is 4.31. The Hall–Kier alpha value is -2.67. The second-order valence-corrected chi connectivity index (χ2v) is 6.53. The van der Waals surface area contributed by atoms with E-state index in [9.17, 15) is 9.59 Å². The van der Waals surface area contributed by atoms with Gasteiger partial charge in [0.25, 0.3) is 5.91 Å². The maximum Gasteiger partial charge on any atom is 0.344 e. The summed E-state index contributed by atoms with van der Waals surface area (Å²) in [5, 5.41) is 2.71. The smallest absolute Gasteiger partial charge is 0.344 e. The first-order chi connectivity index (χ1) is 13.2. The van der Waals surface area contributed by atoms with Crippen LogP contribution in [0, 0.1) is 0 Å². The van der Waals surface area contributed by atoms with Gasteiger partial charge in [0, 0.05) is 17.2 Å². The van der Waals surface area contributed by atoms with E-state index in [1.807, 2.05) is 37.3 Å². The highest BCUT2D eigenvalue weighted by atomic mass is 32.2. The summed E-state index contributed by atoms with van der Waals surface area (Å²) in [6, 6.07) is 16.8. The van der Waals surface area contributed by atoms with E-state index >= 15 is 0 Å². The Balaban J connectivity index is 1.55. The zero-order chi connectivity index (χ0) is 19.3. The van der Waals surface area contributed by atoms with Gasteiger partial charge in [-0.25, -0.2) is 4.79 Å². The number of benzene rings is 2. The quantitative estimate of drug-likeness (QED) is 0.362. The van der Waals surface area contributed by atoms with Gasteiger partial charge < -0.3 is 19.5 Å². The van der Waals surface area contributed by atoms with Gasteiger partial charge in [0.15, 0.2) is 13.2 Å². The number of nitrogens with one attached hydrogen (secondary N) is 1. The number of amides is 1. The second kappa shape index (κ2) is 11.9. The zero-order valence-corrected chi connectivity index (χ0v) is 16.0. The lowest BCUT2D eigenvalue weighted by molar-refractivity contribution is -0.150. The Labute approximate surface area is 163 Å². The monoisotopic (exact) mass is 389 g/mol. The van der Waals surface area contributed by atoms with Crippen LogP contribution in [0.5, 0.6) is 11.5 Å². The van der Waals surface area contributed by atoms with E-state index in [1.54, 1.807) is 36.0 Å². The van der Waals surface area contributed by atoms with Gasteiger partial charge in [-0.15, -0.1) is 11.8 Å². The van der Waals surface area contributed by atoms with Crippen molar-refractivity contribution in [3.63, 3.8) is 0 Å². The number of carbonyl (C=O) groups is 2. The Kier molecular flexibility index (Phi) is 9.06. The normalized spacial score (nSPS) is 10.1. The number of rotatable bonds is 11. The van der Waals surface area contributed by atoms with E-state index in [4.69, 9.17) is 14.2 Å². The first kappa shape index (κ1) is 20.6. The van der Waals surface area contributed by atoms with Gasteiger partial charge in [-0.3, -0.25) is 4.79 Å². The van der Waals surface area contributed by atoms with E-state index in [0.29, 0.717) is 18.9 Å². The number of esters is 1. The average molecular weight is 389 g/mol. The largest absolute Gasteiger partial charge is 0.494 e. The second-order valence-electron chi connectivity index (χ2n) is 5.37. The summed E-state index contributed by atoms with van der Waals surface area (Å²) < 4.78 is 15.5. The molecule has 7 heteroatoms. The average Bonchev–Trinajstić information content (AvgIpc) is 2.70. The van der Waals surface area contributed by atoms with Gasteiger partial charge in [-0.05, 0) is 43.3 Å². The molecule has 0 bridgehead atoms. The summed E-state index contributed by atoms with van der Waals surface area (Å²) in [7, 11) is 0. The van der Waals surface area contributed by atoms with E-state index in [1.165, 1.54) is 0 Å². The topological polar surface area (TPSA) is 73.9 Å². The molecule has 0 radical (unpaired) electrons. The molecule has 0 saturated carbocycles. The fourth-order valence-corrected chi connectivity index (χ4v) is 2.85. The van der Waals surface area contributed by atoms with Crippen LogP contribution in [0.1, 0.15) is 6.92 Å². The van der Waals surface area contributed by atoms with Crippen LogP contribution < -0.4 is 14.8 Å². The molecule has 0 aliphatic heterocycles. The van der Waals surface area contributed by atoms with Crippen LogP contribution >= 0.6 is 11.8 Å². The minimum Gasteiger partial charge on any atom is -0.494 e. The van der Waals surface area contributed by atoms with Gasteiger partial charge in [0.05, 0.1) is 6.61 Å². The molecular weight excluding hydrogens is 366 g/mol. The maximum atomic E-state index is 11.7. The molecule has 0 unspecified atom stereocenters. The summed E-state index contributed by atoms with van der Waals surface area (Å²) in [4.78, 5) is 24.5. The van der Waals surface area contributed by atoms with E-state index in [-0.39, 0.29) is 19.1 Å². The van der Waals surface area contributed by atoms with Crippen molar-refractivity contribution < 1.29 is 23.8 Å². The van der Waals surface area contributed by atoms with E-state index in [0.717, 1.165) is 16.4 Å². The van der Waals surface area contributed by atoms with Crippen molar-refractivity contribution in [3.8, 4) is 11.5 Å². The molecule has 2 rings (SSSR count). The van der Waals surface area contributed by atoms with Crippen molar-refractivity contribution in [2.75, 3.05) is 32.1 Å². The number of hydrogen-bond donors (Lipinski definition) is 1. The molecule has 2 aromatic rings. The third kappa shape index (κ3) is 8.50. The highest BCUT2D eigenvalue weighted by Gasteiger charge is 2.08. The minimum absolute atomic E-state index is 0.259. The summed E-state index contributed by atoms with van der Waals surface area (Å²) in [6.45, 7) is 2.41. The summed E-state index contributed by atoms with van der Waals surface area (Å²) >= 11 is 1.65. The molecule has 0 fully saturated rings. The Morgan fingerprint density at radius 3 is 2.26 bits per heavy atom. The predicted molar refractivity (Wildman–Crippen MR) is 104 cm³/mol. The van der Waals surface area contributed by atoms with E-state index in [2.05, 4.69) is 5.32 Å². The number of thioether (sulfide) groups is 1. The van der Waals surface area contributed by atoms with E-state index < -0.39 is 5.97 Å². The summed E-state index contributed by atoms with van der Waals surface area (Å²) in [6.07, 6.45) is 0. The number of hydrogen-bond acceptors (Lipinski definition) is 6. The molecule has 144 valence electrons. The Morgan fingerprint density at radius 1 is 0.926 bits per heavy atom.